The van der Waals surface area contributed by atoms with Crippen molar-refractivity contribution in [2.45, 2.75) is 160 Å². The summed E-state index contributed by atoms with van der Waals surface area (Å²) in [5.74, 6) is -8.79. The number of carboxylic acids is 1. The lowest BCUT2D eigenvalue weighted by Crippen LogP contribution is -2.64. The molecule has 4 aliphatic rings. The van der Waals surface area contributed by atoms with Crippen molar-refractivity contribution in [1.29, 1.82) is 0 Å². The average molecular weight is 832 g/mol. The first-order valence-corrected chi connectivity index (χ1v) is 21.5. The number of aliphatic hydroxyl groups excluding tert-OH is 1. The van der Waals surface area contributed by atoms with Gasteiger partial charge in [0.15, 0.2) is 0 Å². The first kappa shape index (κ1) is 48.4. The molecule has 2 saturated heterocycles. The minimum absolute atomic E-state index is 0.00129. The number of Topliss-reactive ketones (excluding diaryl/α,β-unsaturated/α-hetero) is 2. The third-order valence-electron chi connectivity index (χ3n) is 12.9. The molecule has 3 heterocycles. The molecule has 0 aromatic rings. The van der Waals surface area contributed by atoms with Crippen molar-refractivity contribution in [3.8, 4) is 0 Å². The highest BCUT2D eigenvalue weighted by atomic mass is 16.7. The van der Waals surface area contributed by atoms with Crippen molar-refractivity contribution in [2.24, 2.45) is 29.6 Å². The summed E-state index contributed by atoms with van der Waals surface area (Å²) >= 11 is 0. The standard InChI is InChI=1S/C45H69NO13/c1-9-12-32-20-26(2)19-27(3)21-37(55-7)41-38(56-8)23-29(5)45(54,59-41)42(51)43(52)46-18-11-10-13-34(46)44(53)58-40(30(6)35(47)24-36(32)48)28(4)22-31-14-16-33(17-15-31)57-25-39(49)50/h9,20,22,27,29-35,37-38,40-41,47,54H,1,10-19,21,23-25H2,2-8H3,(H,49,50)/b26-20+,28-22+/t27-,29+,30+,31-,32+,33-,34-,35-,37-,38-,40+,41+,45+/m0/s1. The van der Waals surface area contributed by atoms with E-state index in [2.05, 4.69) is 6.58 Å². The van der Waals surface area contributed by atoms with Gasteiger partial charge in [-0.3, -0.25) is 14.4 Å². The van der Waals surface area contributed by atoms with Gasteiger partial charge in [0.2, 0.25) is 5.79 Å². The van der Waals surface area contributed by atoms with Crippen LogP contribution in [-0.4, -0.2) is 125 Å². The zero-order valence-electron chi connectivity index (χ0n) is 36.1. The van der Waals surface area contributed by atoms with Crippen LogP contribution in [0.2, 0.25) is 0 Å². The Hall–Kier alpha value is -3.27. The smallest absolute Gasteiger partial charge is 0.329 e. The molecule has 3 fully saturated rings. The zero-order chi connectivity index (χ0) is 43.6. The summed E-state index contributed by atoms with van der Waals surface area (Å²) in [6, 6.07) is -1.15. The number of fused-ring (bicyclic) bond motifs is 3. The molecule has 3 aliphatic heterocycles. The molecule has 2 bridgehead atoms. The minimum Gasteiger partial charge on any atom is -0.480 e. The number of carbonyl (C=O) groups excluding carboxylic acids is 4. The lowest BCUT2D eigenvalue weighted by Gasteiger charge is -2.47. The number of carbonyl (C=O) groups is 5. The zero-order valence-corrected chi connectivity index (χ0v) is 36.1. The van der Waals surface area contributed by atoms with E-state index in [1.807, 2.05) is 32.9 Å². The van der Waals surface area contributed by atoms with Crippen molar-refractivity contribution in [3.63, 3.8) is 0 Å². The second-order valence-electron chi connectivity index (χ2n) is 17.6. The summed E-state index contributed by atoms with van der Waals surface area (Å²) in [5.41, 5.74) is 1.61. The Balaban J connectivity index is 1.73. The molecule has 0 spiro atoms. The van der Waals surface area contributed by atoms with Gasteiger partial charge in [0.25, 0.3) is 11.7 Å². The van der Waals surface area contributed by atoms with E-state index in [0.29, 0.717) is 63.4 Å². The Kier molecular flexibility index (Phi) is 18.1. The molecule has 0 radical (unpaired) electrons. The summed E-state index contributed by atoms with van der Waals surface area (Å²) in [7, 11) is 3.04. The largest absolute Gasteiger partial charge is 0.480 e. The number of aliphatic hydroxyl groups is 2. The topological polar surface area (TPSA) is 195 Å². The van der Waals surface area contributed by atoms with Crippen LogP contribution in [0.5, 0.6) is 0 Å². The molecule has 0 aromatic carbocycles. The first-order chi connectivity index (χ1) is 27.9. The van der Waals surface area contributed by atoms with Gasteiger partial charge in [-0.15, -0.1) is 6.58 Å². The Morgan fingerprint density at radius 2 is 1.66 bits per heavy atom. The maximum absolute atomic E-state index is 14.3. The number of methoxy groups -OCH3 is 2. The van der Waals surface area contributed by atoms with Crippen LogP contribution in [-0.2, 0) is 47.7 Å². The summed E-state index contributed by atoms with van der Waals surface area (Å²) < 4.78 is 29.7. The van der Waals surface area contributed by atoms with Gasteiger partial charge in [-0.25, -0.2) is 9.59 Å². The summed E-state index contributed by atoms with van der Waals surface area (Å²) in [6.45, 7) is 12.7. The molecule has 1 amide bonds. The van der Waals surface area contributed by atoms with Crippen molar-refractivity contribution in [1.82, 2.24) is 4.90 Å². The van der Waals surface area contributed by atoms with Gasteiger partial charge in [0.05, 0.1) is 24.4 Å². The minimum atomic E-state index is -2.52. The Morgan fingerprint density at radius 1 is 1.00 bits per heavy atom. The molecular formula is C45H69NO13. The van der Waals surface area contributed by atoms with Crippen LogP contribution in [0.3, 0.4) is 0 Å². The van der Waals surface area contributed by atoms with E-state index < -0.39 is 83.7 Å². The van der Waals surface area contributed by atoms with E-state index in [1.165, 1.54) is 19.1 Å². The van der Waals surface area contributed by atoms with Crippen LogP contribution >= 0.6 is 0 Å². The van der Waals surface area contributed by atoms with Gasteiger partial charge in [0, 0.05) is 44.9 Å². The lowest BCUT2D eigenvalue weighted by molar-refractivity contribution is -0.302. The van der Waals surface area contributed by atoms with Crippen LogP contribution in [0.4, 0.5) is 0 Å². The molecule has 59 heavy (non-hydrogen) atoms. The number of piperidine rings is 1. The predicted octanol–water partition coefficient (Wildman–Crippen LogP) is 5.12. The maximum Gasteiger partial charge on any atom is 0.329 e. The second-order valence-corrected chi connectivity index (χ2v) is 17.6. The van der Waals surface area contributed by atoms with Gasteiger partial charge in [0.1, 0.15) is 30.6 Å². The number of ketones is 2. The van der Waals surface area contributed by atoms with Crippen LogP contribution in [0.25, 0.3) is 0 Å². The molecule has 4 rings (SSSR count). The van der Waals surface area contributed by atoms with Gasteiger partial charge >= 0.3 is 11.9 Å². The normalized spacial score (nSPS) is 38.6. The van der Waals surface area contributed by atoms with Crippen LogP contribution < -0.4 is 0 Å². The fourth-order valence-electron chi connectivity index (χ4n) is 9.49. The Labute approximate surface area is 349 Å². The molecule has 332 valence electrons. The molecule has 14 heteroatoms. The number of cyclic esters (lactones) is 1. The molecule has 1 aliphatic carbocycles. The molecule has 3 N–H and O–H groups in total. The number of rotatable bonds is 9. The number of nitrogens with zero attached hydrogens (tertiary/aromatic N) is 1. The van der Waals surface area contributed by atoms with Crippen LogP contribution in [0, 0.1) is 29.6 Å². The van der Waals surface area contributed by atoms with Gasteiger partial charge < -0.3 is 43.9 Å². The van der Waals surface area contributed by atoms with Gasteiger partial charge in [-0.2, -0.15) is 0 Å². The number of allylic oxidation sites excluding steroid dienone is 4. The number of hydrogen-bond acceptors (Lipinski definition) is 12. The number of amides is 1. The number of aliphatic carboxylic acids is 1. The third kappa shape index (κ3) is 12.4. The first-order valence-electron chi connectivity index (χ1n) is 21.5. The van der Waals surface area contributed by atoms with E-state index in [9.17, 15) is 34.2 Å². The maximum atomic E-state index is 14.3. The number of ether oxygens (including phenoxy) is 5. The van der Waals surface area contributed by atoms with Crippen LogP contribution in [0.15, 0.2) is 36.0 Å². The fraction of sp³-hybridized carbons (Fsp3) is 0.756. The molecule has 11 atom stereocenters. The Bertz CT molecular complexity index is 1550. The van der Waals surface area contributed by atoms with Gasteiger partial charge in [-0.1, -0.05) is 44.6 Å². The quantitative estimate of drug-likeness (QED) is 0.158. The van der Waals surface area contributed by atoms with Crippen molar-refractivity contribution < 1.29 is 63.0 Å². The van der Waals surface area contributed by atoms with E-state index in [1.54, 1.807) is 19.9 Å². The highest BCUT2D eigenvalue weighted by molar-refractivity contribution is 6.39. The SMILES string of the molecule is C=CC[C@@H]1/C=C(\C)C[C@H](C)C[C@H](OC)[C@H]2O[C@@](O)(C(=O)C(=O)N3CCCC[C@H]3C(=O)O[C@H](/C(C)=C/[C@H]3CC[C@H](OCC(=O)O)CC3)[C@H](C)[C@@H](O)CC1=O)[C@H](C)C[C@@H]2OC. The predicted molar refractivity (Wildman–Crippen MR) is 218 cm³/mol. The molecule has 14 nitrogen and oxygen atoms in total. The fourth-order valence-corrected chi connectivity index (χ4v) is 9.49. The highest BCUT2D eigenvalue weighted by Crippen LogP contribution is 2.39. The molecule has 0 aromatic heterocycles. The summed E-state index contributed by atoms with van der Waals surface area (Å²) in [4.78, 5) is 68.9. The number of hydrogen-bond donors (Lipinski definition) is 3. The van der Waals surface area contributed by atoms with E-state index in [0.717, 1.165) is 5.57 Å². The number of carboxylic acid groups (broad SMARTS) is 1. The second kappa shape index (κ2) is 22.0. The summed E-state index contributed by atoms with van der Waals surface area (Å²) in [6.07, 6.45) is 6.57. The van der Waals surface area contributed by atoms with Crippen molar-refractivity contribution in [2.75, 3.05) is 27.4 Å². The highest BCUT2D eigenvalue weighted by Gasteiger charge is 2.56. The van der Waals surface area contributed by atoms with E-state index >= 15 is 0 Å². The van der Waals surface area contributed by atoms with E-state index in [4.69, 9.17) is 28.8 Å². The molecule has 0 unspecified atom stereocenters. The van der Waals surface area contributed by atoms with Crippen LogP contribution in [0.1, 0.15) is 112 Å². The van der Waals surface area contributed by atoms with Crippen molar-refractivity contribution in [3.05, 3.63) is 36.0 Å². The molecular weight excluding hydrogens is 762 g/mol. The average Bonchev–Trinajstić information content (AvgIpc) is 3.20. The third-order valence-corrected chi connectivity index (χ3v) is 12.9. The number of esters is 1. The monoisotopic (exact) mass is 831 g/mol. The van der Waals surface area contributed by atoms with Crippen molar-refractivity contribution >= 4 is 29.4 Å². The van der Waals surface area contributed by atoms with Gasteiger partial charge in [-0.05, 0) is 102 Å². The van der Waals surface area contributed by atoms with E-state index in [-0.39, 0.29) is 56.1 Å². The lowest BCUT2D eigenvalue weighted by atomic mass is 9.82. The Morgan fingerprint density at radius 3 is 2.29 bits per heavy atom. The summed E-state index contributed by atoms with van der Waals surface area (Å²) in [5, 5.41) is 32.8. The molecule has 1 saturated carbocycles.